The number of rotatable bonds is 4. The van der Waals surface area contributed by atoms with E-state index in [9.17, 15) is 9.90 Å². The number of carbonyl (C=O) groups is 1. The Morgan fingerprint density at radius 1 is 1.44 bits per heavy atom. The van der Waals surface area contributed by atoms with Crippen LogP contribution in [0.5, 0.6) is 5.75 Å². The Hall–Kier alpha value is -1.55. The third kappa shape index (κ3) is 2.48. The first kappa shape index (κ1) is 12.9. The van der Waals surface area contributed by atoms with Crippen LogP contribution in [0.1, 0.15) is 20.3 Å². The van der Waals surface area contributed by atoms with Crippen molar-refractivity contribution >= 4 is 11.6 Å². The molecule has 2 unspecified atom stereocenters. The maximum atomic E-state index is 11.9. The van der Waals surface area contributed by atoms with Gasteiger partial charge in [-0.3, -0.25) is 4.79 Å². The molecule has 0 aliphatic carbocycles. The topological polar surface area (TPSA) is 49.8 Å². The number of anilines is 1. The van der Waals surface area contributed by atoms with Gasteiger partial charge in [0.25, 0.3) is 5.91 Å². The molecule has 4 nitrogen and oxygen atoms in total. The fourth-order valence-electron chi connectivity index (χ4n) is 1.99. The summed E-state index contributed by atoms with van der Waals surface area (Å²) >= 11 is 0. The van der Waals surface area contributed by atoms with E-state index < -0.39 is 6.10 Å². The summed E-state index contributed by atoms with van der Waals surface area (Å²) < 4.78 is 5.36. The number of nitrogens with zero attached hydrogens (tertiary/aromatic N) is 1. The Labute approximate surface area is 107 Å². The van der Waals surface area contributed by atoms with Gasteiger partial charge < -0.3 is 14.7 Å². The molecule has 98 valence electrons. The number of aliphatic hydroxyl groups excluding tert-OH is 1. The summed E-state index contributed by atoms with van der Waals surface area (Å²) in [5.74, 6) is 0.775. The number of amides is 1. The second kappa shape index (κ2) is 5.40. The molecule has 1 N–H and O–H groups in total. The average molecular weight is 249 g/mol. The number of aliphatic hydroxyl groups is 1. The zero-order chi connectivity index (χ0) is 13.1. The third-order valence-electron chi connectivity index (χ3n) is 3.48. The monoisotopic (exact) mass is 249 g/mol. The molecule has 1 aliphatic rings. The Morgan fingerprint density at radius 3 is 2.89 bits per heavy atom. The van der Waals surface area contributed by atoms with Crippen LogP contribution in [0, 0.1) is 5.92 Å². The van der Waals surface area contributed by atoms with Gasteiger partial charge in [0.2, 0.25) is 0 Å². The van der Waals surface area contributed by atoms with Crippen molar-refractivity contribution in [2.45, 2.75) is 26.4 Å². The Bertz CT molecular complexity index is 433. The lowest BCUT2D eigenvalue weighted by Crippen LogP contribution is -2.44. The van der Waals surface area contributed by atoms with E-state index in [2.05, 4.69) is 0 Å². The minimum absolute atomic E-state index is 0.0459. The van der Waals surface area contributed by atoms with Crippen LogP contribution in [0.4, 0.5) is 5.69 Å². The second-order valence-electron chi connectivity index (χ2n) is 4.71. The van der Waals surface area contributed by atoms with Crippen LogP contribution in [-0.4, -0.2) is 30.3 Å². The molecule has 0 spiro atoms. The highest BCUT2D eigenvalue weighted by Gasteiger charge is 2.28. The number of benzene rings is 1. The minimum atomic E-state index is -0.509. The fourth-order valence-corrected chi connectivity index (χ4v) is 1.99. The summed E-state index contributed by atoms with van der Waals surface area (Å²) in [4.78, 5) is 13.5. The Kier molecular flexibility index (Phi) is 3.87. The third-order valence-corrected chi connectivity index (χ3v) is 3.48. The van der Waals surface area contributed by atoms with Gasteiger partial charge in [0.15, 0.2) is 6.61 Å². The van der Waals surface area contributed by atoms with E-state index >= 15 is 0 Å². The molecule has 4 heteroatoms. The smallest absolute Gasteiger partial charge is 0.265 e. The quantitative estimate of drug-likeness (QED) is 0.885. The number of carbonyl (C=O) groups excluding carboxylic acids is 1. The predicted molar refractivity (Wildman–Crippen MR) is 69.8 cm³/mol. The Balaban J connectivity index is 2.19. The molecule has 1 aromatic carbocycles. The molecular weight excluding hydrogens is 230 g/mol. The number of β-amino-alcohol motifs (C(OH)–C–C–N with tert-alkyl or cyclic N) is 1. The maximum absolute atomic E-state index is 11.9. The molecule has 1 heterocycles. The largest absolute Gasteiger partial charge is 0.482 e. The molecule has 0 aromatic heterocycles. The lowest BCUT2D eigenvalue weighted by molar-refractivity contribution is -0.121. The van der Waals surface area contributed by atoms with Gasteiger partial charge in [0.1, 0.15) is 5.75 Å². The molecule has 0 saturated heterocycles. The second-order valence-corrected chi connectivity index (χ2v) is 4.71. The van der Waals surface area contributed by atoms with Crippen LogP contribution in [-0.2, 0) is 4.79 Å². The molecule has 0 saturated carbocycles. The molecule has 0 bridgehead atoms. The number of hydrogen-bond donors (Lipinski definition) is 1. The summed E-state index contributed by atoms with van der Waals surface area (Å²) in [7, 11) is 0. The van der Waals surface area contributed by atoms with Gasteiger partial charge in [-0.2, -0.15) is 0 Å². The molecule has 0 radical (unpaired) electrons. The van der Waals surface area contributed by atoms with Crippen molar-refractivity contribution < 1.29 is 14.6 Å². The van der Waals surface area contributed by atoms with Gasteiger partial charge in [0, 0.05) is 0 Å². The van der Waals surface area contributed by atoms with Crippen LogP contribution in [0.3, 0.4) is 0 Å². The van der Waals surface area contributed by atoms with Gasteiger partial charge in [-0.25, -0.2) is 0 Å². The predicted octanol–water partition coefficient (Wildman–Crippen LogP) is 1.82. The summed E-state index contributed by atoms with van der Waals surface area (Å²) in [6.45, 7) is 4.39. The Morgan fingerprint density at radius 2 is 2.17 bits per heavy atom. The molecule has 18 heavy (non-hydrogen) atoms. The first-order chi connectivity index (χ1) is 8.63. The van der Waals surface area contributed by atoms with Gasteiger partial charge in [0.05, 0.1) is 18.3 Å². The molecule has 1 aliphatic heterocycles. The molecule has 1 amide bonds. The highest BCUT2D eigenvalue weighted by Crippen LogP contribution is 2.31. The summed E-state index contributed by atoms with van der Waals surface area (Å²) in [6.07, 6.45) is 0.381. The highest BCUT2D eigenvalue weighted by molar-refractivity contribution is 5.97. The van der Waals surface area contributed by atoms with E-state index in [1.807, 2.05) is 38.1 Å². The van der Waals surface area contributed by atoms with Crippen LogP contribution in [0.15, 0.2) is 24.3 Å². The number of hydrogen-bond acceptors (Lipinski definition) is 3. The summed E-state index contributed by atoms with van der Waals surface area (Å²) in [6, 6.07) is 7.42. The number of para-hydroxylation sites is 2. The fraction of sp³-hybridized carbons (Fsp3) is 0.500. The summed E-state index contributed by atoms with van der Waals surface area (Å²) in [5.41, 5.74) is 0.746. The standard InChI is InChI=1S/C14H19NO3/c1-3-10(2)12(16)8-15-11-6-4-5-7-13(11)18-9-14(15)17/h4-7,10,12,16H,3,8-9H2,1-2H3. The first-order valence-electron chi connectivity index (χ1n) is 6.33. The van der Waals surface area contributed by atoms with E-state index in [-0.39, 0.29) is 18.4 Å². The van der Waals surface area contributed by atoms with Crippen LogP contribution in [0.2, 0.25) is 0 Å². The van der Waals surface area contributed by atoms with Crippen LogP contribution in [0.25, 0.3) is 0 Å². The normalized spacial score (nSPS) is 17.9. The summed E-state index contributed by atoms with van der Waals surface area (Å²) in [5, 5.41) is 10.1. The SMILES string of the molecule is CCC(C)C(O)CN1C(=O)COc2ccccc21. The van der Waals surface area contributed by atoms with Crippen molar-refractivity contribution in [3.8, 4) is 5.75 Å². The van der Waals surface area contributed by atoms with Gasteiger partial charge in [-0.15, -0.1) is 0 Å². The van der Waals surface area contributed by atoms with Crippen LogP contribution >= 0.6 is 0 Å². The molecule has 0 fully saturated rings. The van der Waals surface area contributed by atoms with Crippen molar-refractivity contribution in [2.75, 3.05) is 18.1 Å². The van der Waals surface area contributed by atoms with Crippen molar-refractivity contribution in [3.63, 3.8) is 0 Å². The van der Waals surface area contributed by atoms with Gasteiger partial charge in [-0.05, 0) is 18.1 Å². The van der Waals surface area contributed by atoms with E-state index in [4.69, 9.17) is 4.74 Å². The zero-order valence-corrected chi connectivity index (χ0v) is 10.8. The van der Waals surface area contributed by atoms with Crippen molar-refractivity contribution in [1.82, 2.24) is 0 Å². The van der Waals surface area contributed by atoms with Crippen molar-refractivity contribution in [2.24, 2.45) is 5.92 Å². The minimum Gasteiger partial charge on any atom is -0.482 e. The van der Waals surface area contributed by atoms with Gasteiger partial charge >= 0.3 is 0 Å². The van der Waals surface area contributed by atoms with Gasteiger partial charge in [-0.1, -0.05) is 32.4 Å². The number of ether oxygens (including phenoxy) is 1. The number of fused-ring (bicyclic) bond motifs is 1. The van der Waals surface area contributed by atoms with E-state index in [0.29, 0.717) is 12.3 Å². The molecule has 1 aromatic rings. The van der Waals surface area contributed by atoms with E-state index in [1.165, 1.54) is 0 Å². The molecular formula is C14H19NO3. The van der Waals surface area contributed by atoms with E-state index in [1.54, 1.807) is 4.90 Å². The lowest BCUT2D eigenvalue weighted by Gasteiger charge is -2.32. The highest BCUT2D eigenvalue weighted by atomic mass is 16.5. The maximum Gasteiger partial charge on any atom is 0.265 e. The lowest BCUT2D eigenvalue weighted by atomic mass is 10.0. The first-order valence-corrected chi connectivity index (χ1v) is 6.33. The molecule has 2 rings (SSSR count). The average Bonchev–Trinajstić information content (AvgIpc) is 2.41. The van der Waals surface area contributed by atoms with E-state index in [0.717, 1.165) is 12.1 Å². The van der Waals surface area contributed by atoms with Crippen molar-refractivity contribution in [1.29, 1.82) is 0 Å². The van der Waals surface area contributed by atoms with Crippen molar-refractivity contribution in [3.05, 3.63) is 24.3 Å². The van der Waals surface area contributed by atoms with Crippen LogP contribution < -0.4 is 9.64 Å². The molecule has 2 atom stereocenters. The zero-order valence-electron chi connectivity index (χ0n) is 10.8.